The molecule has 0 aliphatic heterocycles. The Bertz CT molecular complexity index is 331. The van der Waals surface area contributed by atoms with Gasteiger partial charge in [0.05, 0.1) is 7.11 Å². The number of ether oxygens (including phenoxy) is 1. The van der Waals surface area contributed by atoms with Gasteiger partial charge in [-0.05, 0) is 25.0 Å². The first-order chi connectivity index (χ1) is 6.33. The third kappa shape index (κ3) is 1.54. The van der Waals surface area contributed by atoms with E-state index in [1.165, 1.54) is 0 Å². The predicted molar refractivity (Wildman–Crippen MR) is 47.8 cm³/mol. The maximum Gasteiger partial charge on any atom is 0.188 e. The van der Waals surface area contributed by atoms with Crippen LogP contribution in [-0.4, -0.2) is 17.9 Å². The number of rotatable bonds is 3. The maximum absolute atomic E-state index is 11.6. The van der Waals surface area contributed by atoms with Crippen molar-refractivity contribution < 1.29 is 9.53 Å². The largest absolute Gasteiger partial charge is 0.494 e. The van der Waals surface area contributed by atoms with Crippen LogP contribution in [0.15, 0.2) is 18.3 Å². The molecular weight excluding hydrogens is 166 g/mol. The van der Waals surface area contributed by atoms with E-state index in [1.54, 1.807) is 25.4 Å². The minimum Gasteiger partial charge on any atom is -0.494 e. The summed E-state index contributed by atoms with van der Waals surface area (Å²) in [5.41, 5.74) is 0.479. The molecule has 0 spiro atoms. The summed E-state index contributed by atoms with van der Waals surface area (Å²) < 4.78 is 5.06. The molecule has 3 heteroatoms. The Labute approximate surface area is 76.7 Å². The average Bonchev–Trinajstić information content (AvgIpc) is 3.00. The molecule has 0 aromatic carbocycles. The van der Waals surface area contributed by atoms with Gasteiger partial charge in [0.1, 0.15) is 11.4 Å². The van der Waals surface area contributed by atoms with Crippen molar-refractivity contribution in [2.45, 2.75) is 12.8 Å². The number of carbonyl (C=O) groups excluding carboxylic acids is 1. The van der Waals surface area contributed by atoms with E-state index in [-0.39, 0.29) is 11.7 Å². The van der Waals surface area contributed by atoms with Crippen LogP contribution in [0.3, 0.4) is 0 Å². The first-order valence-corrected chi connectivity index (χ1v) is 4.36. The van der Waals surface area contributed by atoms with E-state index in [4.69, 9.17) is 4.74 Å². The lowest BCUT2D eigenvalue weighted by molar-refractivity contribution is 0.0959. The SMILES string of the molecule is COc1cccnc1C(=O)C1CC1. The van der Waals surface area contributed by atoms with Crippen LogP contribution >= 0.6 is 0 Å². The molecule has 68 valence electrons. The highest BCUT2D eigenvalue weighted by Gasteiger charge is 2.32. The van der Waals surface area contributed by atoms with Crippen molar-refractivity contribution in [3.63, 3.8) is 0 Å². The number of hydrogen-bond acceptors (Lipinski definition) is 3. The normalized spacial score (nSPS) is 15.5. The second-order valence-corrected chi connectivity index (χ2v) is 3.19. The number of carbonyl (C=O) groups is 1. The molecule has 0 N–H and O–H groups in total. The lowest BCUT2D eigenvalue weighted by Crippen LogP contribution is -2.06. The van der Waals surface area contributed by atoms with Crippen LogP contribution in [0.1, 0.15) is 23.3 Å². The molecule has 1 aliphatic carbocycles. The highest BCUT2D eigenvalue weighted by atomic mass is 16.5. The number of methoxy groups -OCH3 is 1. The number of nitrogens with zero attached hydrogens (tertiary/aromatic N) is 1. The van der Waals surface area contributed by atoms with Gasteiger partial charge < -0.3 is 4.74 Å². The molecule has 13 heavy (non-hydrogen) atoms. The van der Waals surface area contributed by atoms with E-state index in [9.17, 15) is 4.79 Å². The summed E-state index contributed by atoms with van der Waals surface area (Å²) in [5.74, 6) is 0.903. The summed E-state index contributed by atoms with van der Waals surface area (Å²) in [6.07, 6.45) is 3.62. The van der Waals surface area contributed by atoms with Gasteiger partial charge >= 0.3 is 0 Å². The number of Topliss-reactive ketones (excluding diaryl/α,β-unsaturated/α-hetero) is 1. The van der Waals surface area contributed by atoms with Crippen molar-refractivity contribution in [3.05, 3.63) is 24.0 Å². The predicted octanol–water partition coefficient (Wildman–Crippen LogP) is 1.68. The molecule has 2 rings (SSSR count). The molecule has 0 saturated heterocycles. The van der Waals surface area contributed by atoms with Gasteiger partial charge in [0.2, 0.25) is 0 Å². The summed E-state index contributed by atoms with van der Waals surface area (Å²) in [5, 5.41) is 0. The van der Waals surface area contributed by atoms with Crippen molar-refractivity contribution >= 4 is 5.78 Å². The second-order valence-electron chi connectivity index (χ2n) is 3.19. The summed E-state index contributed by atoms with van der Waals surface area (Å²) in [7, 11) is 1.56. The van der Waals surface area contributed by atoms with E-state index in [0.717, 1.165) is 12.8 Å². The van der Waals surface area contributed by atoms with E-state index >= 15 is 0 Å². The zero-order valence-electron chi connectivity index (χ0n) is 7.49. The molecule has 1 aromatic rings. The Hall–Kier alpha value is -1.38. The van der Waals surface area contributed by atoms with E-state index in [1.807, 2.05) is 0 Å². The number of aromatic nitrogens is 1. The lowest BCUT2D eigenvalue weighted by Gasteiger charge is -2.04. The fourth-order valence-corrected chi connectivity index (χ4v) is 1.28. The van der Waals surface area contributed by atoms with Crippen LogP contribution in [0.25, 0.3) is 0 Å². The summed E-state index contributed by atoms with van der Waals surface area (Å²) in [6.45, 7) is 0. The Balaban J connectivity index is 2.31. The molecule has 0 amide bonds. The number of pyridine rings is 1. The molecule has 0 radical (unpaired) electrons. The minimum absolute atomic E-state index is 0.123. The molecular formula is C10H11NO2. The molecule has 1 fully saturated rings. The Kier molecular flexibility index (Phi) is 2.00. The molecule has 3 nitrogen and oxygen atoms in total. The zero-order valence-corrected chi connectivity index (χ0v) is 7.49. The highest BCUT2D eigenvalue weighted by Crippen LogP contribution is 2.34. The fourth-order valence-electron chi connectivity index (χ4n) is 1.28. The fraction of sp³-hybridized carbons (Fsp3) is 0.400. The first-order valence-electron chi connectivity index (χ1n) is 4.36. The van der Waals surface area contributed by atoms with Crippen molar-refractivity contribution in [3.8, 4) is 5.75 Å². The Morgan fingerprint density at radius 3 is 3.00 bits per heavy atom. The third-order valence-corrected chi connectivity index (χ3v) is 2.17. The minimum atomic E-state index is 0.123. The van der Waals surface area contributed by atoms with Gasteiger partial charge in [-0.25, -0.2) is 4.98 Å². The van der Waals surface area contributed by atoms with Gasteiger partial charge in [-0.15, -0.1) is 0 Å². The van der Waals surface area contributed by atoms with Gasteiger partial charge in [-0.2, -0.15) is 0 Å². The second kappa shape index (κ2) is 3.17. The molecule has 1 aliphatic rings. The average molecular weight is 177 g/mol. The monoisotopic (exact) mass is 177 g/mol. The van der Waals surface area contributed by atoms with Crippen LogP contribution < -0.4 is 4.74 Å². The first kappa shape index (κ1) is 8.23. The summed E-state index contributed by atoms with van der Waals surface area (Å²) in [4.78, 5) is 15.7. The standard InChI is InChI=1S/C10H11NO2/c1-13-8-3-2-6-11-9(8)10(12)7-4-5-7/h2-3,6-7H,4-5H2,1H3. The van der Waals surface area contributed by atoms with E-state index in [2.05, 4.69) is 4.98 Å². The van der Waals surface area contributed by atoms with Crippen LogP contribution in [0.2, 0.25) is 0 Å². The van der Waals surface area contributed by atoms with Gasteiger partial charge in [0.25, 0.3) is 0 Å². The molecule has 1 aromatic heterocycles. The topological polar surface area (TPSA) is 39.2 Å². The van der Waals surface area contributed by atoms with Gasteiger partial charge in [-0.1, -0.05) is 0 Å². The highest BCUT2D eigenvalue weighted by molar-refractivity contribution is 5.99. The quantitative estimate of drug-likeness (QED) is 0.659. The zero-order chi connectivity index (χ0) is 9.26. The molecule has 0 unspecified atom stereocenters. The summed E-state index contributed by atoms with van der Waals surface area (Å²) >= 11 is 0. The van der Waals surface area contributed by atoms with Crippen LogP contribution in [0, 0.1) is 5.92 Å². The summed E-state index contributed by atoms with van der Waals surface area (Å²) in [6, 6.07) is 3.53. The Morgan fingerprint density at radius 1 is 1.62 bits per heavy atom. The number of ketones is 1. The van der Waals surface area contributed by atoms with Crippen molar-refractivity contribution in [2.24, 2.45) is 5.92 Å². The van der Waals surface area contributed by atoms with Gasteiger partial charge in [-0.3, -0.25) is 4.79 Å². The maximum atomic E-state index is 11.6. The molecule has 1 heterocycles. The van der Waals surface area contributed by atoms with Crippen molar-refractivity contribution in [1.29, 1.82) is 0 Å². The van der Waals surface area contributed by atoms with Gasteiger partial charge in [0.15, 0.2) is 5.78 Å². The smallest absolute Gasteiger partial charge is 0.188 e. The Morgan fingerprint density at radius 2 is 2.38 bits per heavy atom. The van der Waals surface area contributed by atoms with E-state index < -0.39 is 0 Å². The third-order valence-electron chi connectivity index (χ3n) is 2.17. The van der Waals surface area contributed by atoms with Crippen molar-refractivity contribution in [2.75, 3.05) is 7.11 Å². The van der Waals surface area contributed by atoms with Crippen LogP contribution in [-0.2, 0) is 0 Å². The molecule has 1 saturated carbocycles. The van der Waals surface area contributed by atoms with Gasteiger partial charge in [0, 0.05) is 12.1 Å². The van der Waals surface area contributed by atoms with Crippen LogP contribution in [0.5, 0.6) is 5.75 Å². The molecule has 0 bridgehead atoms. The van der Waals surface area contributed by atoms with E-state index in [0.29, 0.717) is 11.4 Å². The lowest BCUT2D eigenvalue weighted by atomic mass is 10.1. The molecule has 0 atom stereocenters. The number of hydrogen-bond donors (Lipinski definition) is 0. The van der Waals surface area contributed by atoms with Crippen LogP contribution in [0.4, 0.5) is 0 Å². The van der Waals surface area contributed by atoms with Crippen molar-refractivity contribution in [1.82, 2.24) is 4.98 Å².